The molecule has 18 heavy (non-hydrogen) atoms. The lowest BCUT2D eigenvalue weighted by atomic mass is 10.1. The van der Waals surface area contributed by atoms with Crippen molar-refractivity contribution >= 4 is 0 Å². The molecule has 0 amide bonds. The van der Waals surface area contributed by atoms with E-state index in [4.69, 9.17) is 5.73 Å². The minimum absolute atomic E-state index is 0.565. The third-order valence-electron chi connectivity index (χ3n) is 3.92. The van der Waals surface area contributed by atoms with Gasteiger partial charge in [0.15, 0.2) is 0 Å². The molecule has 0 fully saturated rings. The molecule has 3 rings (SSSR count). The first-order chi connectivity index (χ1) is 8.78. The van der Waals surface area contributed by atoms with Crippen molar-refractivity contribution in [3.05, 3.63) is 52.3 Å². The molecule has 3 nitrogen and oxygen atoms in total. The molecule has 0 spiro atoms. The summed E-state index contributed by atoms with van der Waals surface area (Å²) in [5.41, 5.74) is 12.4. The second-order valence-corrected chi connectivity index (χ2v) is 5.07. The van der Waals surface area contributed by atoms with Crippen LogP contribution >= 0.6 is 0 Å². The number of benzene rings is 1. The molecule has 2 N–H and O–H groups in total. The Labute approximate surface area is 108 Å². The second-order valence-electron chi connectivity index (χ2n) is 5.07. The molecule has 0 aliphatic heterocycles. The monoisotopic (exact) mass is 241 g/mol. The largest absolute Gasteiger partial charge is 0.326 e. The van der Waals surface area contributed by atoms with Gasteiger partial charge in [-0.05, 0) is 42.9 Å². The van der Waals surface area contributed by atoms with Crippen LogP contribution in [0.15, 0.2) is 24.4 Å². The Morgan fingerprint density at radius 3 is 2.89 bits per heavy atom. The maximum absolute atomic E-state index is 5.68. The van der Waals surface area contributed by atoms with Gasteiger partial charge < -0.3 is 5.73 Å². The summed E-state index contributed by atoms with van der Waals surface area (Å²) in [4.78, 5) is 0. The van der Waals surface area contributed by atoms with Crippen LogP contribution in [0.1, 0.15) is 34.4 Å². The maximum Gasteiger partial charge on any atom is 0.0662 e. The van der Waals surface area contributed by atoms with Crippen LogP contribution in [-0.2, 0) is 25.9 Å². The first-order valence-electron chi connectivity index (χ1n) is 6.60. The number of aromatic nitrogens is 2. The van der Waals surface area contributed by atoms with Crippen molar-refractivity contribution in [1.82, 2.24) is 9.78 Å². The van der Waals surface area contributed by atoms with E-state index < -0.39 is 0 Å². The van der Waals surface area contributed by atoms with Gasteiger partial charge in [-0.1, -0.05) is 18.2 Å². The van der Waals surface area contributed by atoms with Crippen molar-refractivity contribution in [3.63, 3.8) is 0 Å². The Morgan fingerprint density at radius 1 is 1.28 bits per heavy atom. The minimum atomic E-state index is 0.565. The molecule has 2 aromatic rings. The number of hydrogen-bond donors (Lipinski definition) is 1. The van der Waals surface area contributed by atoms with Gasteiger partial charge in [0.2, 0.25) is 0 Å². The number of aryl methyl sites for hydroxylation is 2. The van der Waals surface area contributed by atoms with Crippen LogP contribution < -0.4 is 5.73 Å². The van der Waals surface area contributed by atoms with Crippen molar-refractivity contribution in [2.45, 2.75) is 39.3 Å². The summed E-state index contributed by atoms with van der Waals surface area (Å²) in [6.45, 7) is 3.50. The van der Waals surface area contributed by atoms with E-state index in [0.717, 1.165) is 12.1 Å². The third kappa shape index (κ3) is 1.95. The molecule has 0 saturated carbocycles. The SMILES string of the molecule is Cc1c(CN)cnn1Cc1ccc2c(c1)CCC2. The number of nitrogens with two attached hydrogens (primary N) is 1. The molecule has 0 radical (unpaired) electrons. The smallest absolute Gasteiger partial charge is 0.0662 e. The van der Waals surface area contributed by atoms with E-state index in [-0.39, 0.29) is 0 Å². The van der Waals surface area contributed by atoms with Crippen molar-refractivity contribution in [2.75, 3.05) is 0 Å². The summed E-state index contributed by atoms with van der Waals surface area (Å²) >= 11 is 0. The zero-order chi connectivity index (χ0) is 12.5. The Morgan fingerprint density at radius 2 is 2.11 bits per heavy atom. The fraction of sp³-hybridized carbons (Fsp3) is 0.400. The molecule has 1 heterocycles. The van der Waals surface area contributed by atoms with Gasteiger partial charge in [0.05, 0.1) is 12.7 Å². The number of nitrogens with zero attached hydrogens (tertiary/aromatic N) is 2. The lowest BCUT2D eigenvalue weighted by Crippen LogP contribution is -2.06. The van der Waals surface area contributed by atoms with Gasteiger partial charge in [0.1, 0.15) is 0 Å². The third-order valence-corrected chi connectivity index (χ3v) is 3.92. The summed E-state index contributed by atoms with van der Waals surface area (Å²) < 4.78 is 2.04. The zero-order valence-electron chi connectivity index (χ0n) is 10.8. The van der Waals surface area contributed by atoms with Gasteiger partial charge in [-0.2, -0.15) is 5.10 Å². The maximum atomic E-state index is 5.68. The molecule has 0 unspecified atom stereocenters. The van der Waals surface area contributed by atoms with E-state index in [1.807, 2.05) is 10.9 Å². The predicted octanol–water partition coefficient (Wildman–Crippen LogP) is 2.19. The van der Waals surface area contributed by atoms with Crippen LogP contribution in [0.3, 0.4) is 0 Å². The van der Waals surface area contributed by atoms with Crippen molar-refractivity contribution < 1.29 is 0 Å². The number of fused-ring (bicyclic) bond motifs is 1. The molecule has 1 aliphatic carbocycles. The van der Waals surface area contributed by atoms with Crippen LogP contribution in [-0.4, -0.2) is 9.78 Å². The van der Waals surface area contributed by atoms with Crippen LogP contribution in [0.5, 0.6) is 0 Å². The standard InChI is InChI=1S/C15H19N3/c1-11-15(8-16)9-17-18(11)10-12-5-6-13-3-2-4-14(13)7-12/h5-7,9H,2-4,8,10,16H2,1H3. The number of hydrogen-bond acceptors (Lipinski definition) is 2. The van der Waals surface area contributed by atoms with Gasteiger partial charge >= 0.3 is 0 Å². The molecule has 3 heteroatoms. The molecule has 0 atom stereocenters. The highest BCUT2D eigenvalue weighted by Crippen LogP contribution is 2.23. The zero-order valence-corrected chi connectivity index (χ0v) is 10.8. The molecule has 0 saturated heterocycles. The summed E-state index contributed by atoms with van der Waals surface area (Å²) in [6.07, 6.45) is 5.66. The fourth-order valence-corrected chi connectivity index (χ4v) is 2.74. The second kappa shape index (κ2) is 4.58. The molecule has 0 bridgehead atoms. The molecule has 1 aromatic carbocycles. The average molecular weight is 241 g/mol. The van der Waals surface area contributed by atoms with E-state index in [1.54, 1.807) is 0 Å². The highest BCUT2D eigenvalue weighted by Gasteiger charge is 2.11. The highest BCUT2D eigenvalue weighted by molar-refractivity contribution is 5.35. The molecule has 94 valence electrons. The van der Waals surface area contributed by atoms with Gasteiger partial charge in [-0.3, -0.25) is 4.68 Å². The van der Waals surface area contributed by atoms with Crippen molar-refractivity contribution in [3.8, 4) is 0 Å². The van der Waals surface area contributed by atoms with Gasteiger partial charge in [-0.15, -0.1) is 0 Å². The first-order valence-corrected chi connectivity index (χ1v) is 6.60. The Bertz CT molecular complexity index is 569. The summed E-state index contributed by atoms with van der Waals surface area (Å²) in [6, 6.07) is 6.85. The summed E-state index contributed by atoms with van der Waals surface area (Å²) in [5, 5.41) is 4.41. The van der Waals surface area contributed by atoms with Crippen LogP contribution in [0.25, 0.3) is 0 Å². The lowest BCUT2D eigenvalue weighted by molar-refractivity contribution is 0.663. The van der Waals surface area contributed by atoms with Crippen LogP contribution in [0.4, 0.5) is 0 Å². The van der Waals surface area contributed by atoms with Crippen molar-refractivity contribution in [2.24, 2.45) is 5.73 Å². The van der Waals surface area contributed by atoms with Crippen LogP contribution in [0, 0.1) is 6.92 Å². The van der Waals surface area contributed by atoms with Crippen molar-refractivity contribution in [1.29, 1.82) is 0 Å². The van der Waals surface area contributed by atoms with E-state index in [9.17, 15) is 0 Å². The summed E-state index contributed by atoms with van der Waals surface area (Å²) in [5.74, 6) is 0. The first kappa shape index (κ1) is 11.5. The Hall–Kier alpha value is -1.61. The normalized spacial score (nSPS) is 13.9. The van der Waals surface area contributed by atoms with Gasteiger partial charge in [0.25, 0.3) is 0 Å². The van der Waals surface area contributed by atoms with Crippen LogP contribution in [0.2, 0.25) is 0 Å². The van der Waals surface area contributed by atoms with E-state index in [2.05, 4.69) is 30.2 Å². The molecule has 1 aromatic heterocycles. The van der Waals surface area contributed by atoms with E-state index in [0.29, 0.717) is 6.54 Å². The minimum Gasteiger partial charge on any atom is -0.326 e. The molecular formula is C15H19N3. The predicted molar refractivity (Wildman–Crippen MR) is 72.4 cm³/mol. The fourth-order valence-electron chi connectivity index (χ4n) is 2.74. The number of rotatable bonds is 3. The molecule has 1 aliphatic rings. The van der Waals surface area contributed by atoms with Gasteiger partial charge in [-0.25, -0.2) is 0 Å². The Balaban J connectivity index is 1.86. The quantitative estimate of drug-likeness (QED) is 0.895. The molecular weight excluding hydrogens is 222 g/mol. The Kier molecular flexibility index (Phi) is 2.92. The lowest BCUT2D eigenvalue weighted by Gasteiger charge is -2.07. The topological polar surface area (TPSA) is 43.8 Å². The summed E-state index contributed by atoms with van der Waals surface area (Å²) in [7, 11) is 0. The van der Waals surface area contributed by atoms with E-state index in [1.165, 1.54) is 41.6 Å². The average Bonchev–Trinajstić information content (AvgIpc) is 2.97. The van der Waals surface area contributed by atoms with Gasteiger partial charge in [0, 0.05) is 17.8 Å². The van der Waals surface area contributed by atoms with E-state index >= 15 is 0 Å². The highest BCUT2D eigenvalue weighted by atomic mass is 15.3.